The molecule has 1 aromatic heterocycles. The van der Waals surface area contributed by atoms with Gasteiger partial charge in [-0.15, -0.1) is 0 Å². The van der Waals surface area contributed by atoms with Gasteiger partial charge in [-0.3, -0.25) is 4.79 Å². The Hall–Kier alpha value is -1.49. The Morgan fingerprint density at radius 1 is 1.41 bits per heavy atom. The minimum Gasteiger partial charge on any atom is -0.381 e. The van der Waals surface area contributed by atoms with E-state index in [1.165, 1.54) is 0 Å². The number of primary amides is 1. The predicted molar refractivity (Wildman–Crippen MR) is 62.2 cm³/mol. The highest BCUT2D eigenvalue weighted by molar-refractivity contribution is 5.82. The summed E-state index contributed by atoms with van der Waals surface area (Å²) >= 11 is 0. The number of nitrogens with zero attached hydrogens (tertiary/aromatic N) is 2. The van der Waals surface area contributed by atoms with Gasteiger partial charge in [-0.1, -0.05) is 0 Å². The van der Waals surface area contributed by atoms with Gasteiger partial charge in [0.2, 0.25) is 5.91 Å². The standard InChI is InChI=1S/C12H17N3O2/c1-8-14-6-10(7-15-8)11(12(13)16)9-2-4-17-5-3-9/h6-7,9,11H,2-5H2,1H3,(H2,13,16). The molecule has 5 heteroatoms. The quantitative estimate of drug-likeness (QED) is 0.839. The van der Waals surface area contributed by atoms with Crippen LogP contribution in [0, 0.1) is 12.8 Å². The van der Waals surface area contributed by atoms with E-state index in [9.17, 15) is 4.79 Å². The summed E-state index contributed by atoms with van der Waals surface area (Å²) in [6.45, 7) is 3.21. The summed E-state index contributed by atoms with van der Waals surface area (Å²) in [7, 11) is 0. The number of ether oxygens (including phenoxy) is 1. The monoisotopic (exact) mass is 235 g/mol. The van der Waals surface area contributed by atoms with Crippen LogP contribution < -0.4 is 5.73 Å². The molecule has 0 spiro atoms. The zero-order chi connectivity index (χ0) is 12.3. The topological polar surface area (TPSA) is 78.1 Å². The number of nitrogens with two attached hydrogens (primary N) is 1. The molecule has 1 amide bonds. The maximum absolute atomic E-state index is 11.6. The lowest BCUT2D eigenvalue weighted by atomic mass is 9.82. The van der Waals surface area contributed by atoms with E-state index in [-0.39, 0.29) is 17.7 Å². The van der Waals surface area contributed by atoms with Crippen LogP contribution in [0.15, 0.2) is 12.4 Å². The van der Waals surface area contributed by atoms with Crippen LogP contribution in [0.4, 0.5) is 0 Å². The molecule has 92 valence electrons. The van der Waals surface area contributed by atoms with Gasteiger partial charge in [-0.05, 0) is 25.7 Å². The zero-order valence-corrected chi connectivity index (χ0v) is 9.93. The van der Waals surface area contributed by atoms with Gasteiger partial charge in [0.25, 0.3) is 0 Å². The van der Waals surface area contributed by atoms with E-state index in [0.29, 0.717) is 19.0 Å². The number of aromatic nitrogens is 2. The van der Waals surface area contributed by atoms with E-state index in [0.717, 1.165) is 18.4 Å². The summed E-state index contributed by atoms with van der Waals surface area (Å²) in [5.41, 5.74) is 6.32. The van der Waals surface area contributed by atoms with Crippen molar-refractivity contribution < 1.29 is 9.53 Å². The number of carbonyl (C=O) groups excluding carboxylic acids is 1. The molecule has 17 heavy (non-hydrogen) atoms. The minimum atomic E-state index is -0.302. The summed E-state index contributed by atoms with van der Waals surface area (Å²) in [4.78, 5) is 19.9. The largest absolute Gasteiger partial charge is 0.381 e. The first-order valence-electron chi connectivity index (χ1n) is 5.84. The second kappa shape index (κ2) is 5.23. The Morgan fingerprint density at radius 3 is 2.53 bits per heavy atom. The summed E-state index contributed by atoms with van der Waals surface area (Å²) < 4.78 is 5.30. The first-order chi connectivity index (χ1) is 8.18. The van der Waals surface area contributed by atoms with Crippen LogP contribution in [0.2, 0.25) is 0 Å². The van der Waals surface area contributed by atoms with Crippen LogP contribution in [0.1, 0.15) is 30.1 Å². The molecule has 1 aliphatic heterocycles. The van der Waals surface area contributed by atoms with Gasteiger partial charge in [-0.25, -0.2) is 9.97 Å². The molecule has 1 unspecified atom stereocenters. The lowest BCUT2D eigenvalue weighted by Gasteiger charge is -2.28. The lowest BCUT2D eigenvalue weighted by molar-refractivity contribution is -0.121. The highest BCUT2D eigenvalue weighted by Gasteiger charge is 2.30. The zero-order valence-electron chi connectivity index (χ0n) is 9.93. The number of hydrogen-bond donors (Lipinski definition) is 1. The van der Waals surface area contributed by atoms with Gasteiger partial charge in [0.1, 0.15) is 5.82 Å². The van der Waals surface area contributed by atoms with E-state index in [4.69, 9.17) is 10.5 Å². The summed E-state index contributed by atoms with van der Waals surface area (Å²) in [5, 5.41) is 0. The van der Waals surface area contributed by atoms with Crippen molar-refractivity contribution in [1.29, 1.82) is 0 Å². The summed E-state index contributed by atoms with van der Waals surface area (Å²) in [6, 6.07) is 0. The summed E-state index contributed by atoms with van der Waals surface area (Å²) in [5.74, 6) is 0.348. The number of amides is 1. The second-order valence-corrected chi connectivity index (χ2v) is 4.39. The molecule has 5 nitrogen and oxygen atoms in total. The van der Waals surface area contributed by atoms with Crippen molar-refractivity contribution in [1.82, 2.24) is 9.97 Å². The fraction of sp³-hybridized carbons (Fsp3) is 0.583. The van der Waals surface area contributed by atoms with Crippen LogP contribution in [0.5, 0.6) is 0 Å². The lowest BCUT2D eigenvalue weighted by Crippen LogP contribution is -2.32. The molecule has 1 fully saturated rings. The molecule has 1 aliphatic rings. The third-order valence-corrected chi connectivity index (χ3v) is 3.20. The van der Waals surface area contributed by atoms with Crippen molar-refractivity contribution in [2.75, 3.05) is 13.2 Å². The molecule has 1 aromatic rings. The van der Waals surface area contributed by atoms with E-state index in [1.807, 2.05) is 6.92 Å². The number of aryl methyl sites for hydroxylation is 1. The summed E-state index contributed by atoms with van der Waals surface area (Å²) in [6.07, 6.45) is 5.13. The fourth-order valence-corrected chi connectivity index (χ4v) is 2.28. The molecular weight excluding hydrogens is 218 g/mol. The molecule has 1 atom stereocenters. The average molecular weight is 235 g/mol. The van der Waals surface area contributed by atoms with E-state index in [2.05, 4.69) is 9.97 Å². The van der Waals surface area contributed by atoms with Crippen LogP contribution in [-0.4, -0.2) is 29.1 Å². The first kappa shape index (κ1) is 12.0. The predicted octanol–water partition coefficient (Wildman–Crippen LogP) is 0.781. The Bertz CT molecular complexity index is 385. The molecule has 2 rings (SSSR count). The van der Waals surface area contributed by atoms with Gasteiger partial charge < -0.3 is 10.5 Å². The molecule has 0 aliphatic carbocycles. The molecule has 0 saturated carbocycles. The van der Waals surface area contributed by atoms with E-state index < -0.39 is 0 Å². The number of hydrogen-bond acceptors (Lipinski definition) is 4. The number of rotatable bonds is 3. The van der Waals surface area contributed by atoms with Gasteiger partial charge in [0, 0.05) is 31.2 Å². The Morgan fingerprint density at radius 2 is 2.00 bits per heavy atom. The fourth-order valence-electron chi connectivity index (χ4n) is 2.28. The maximum Gasteiger partial charge on any atom is 0.225 e. The Labute approximate surface area is 100 Å². The second-order valence-electron chi connectivity index (χ2n) is 4.39. The van der Waals surface area contributed by atoms with Crippen LogP contribution in [0.25, 0.3) is 0 Å². The molecule has 2 N–H and O–H groups in total. The first-order valence-corrected chi connectivity index (χ1v) is 5.84. The van der Waals surface area contributed by atoms with E-state index in [1.54, 1.807) is 12.4 Å². The van der Waals surface area contributed by atoms with Crippen LogP contribution in [-0.2, 0) is 9.53 Å². The van der Waals surface area contributed by atoms with Crippen molar-refractivity contribution in [2.45, 2.75) is 25.7 Å². The molecular formula is C12H17N3O2. The van der Waals surface area contributed by atoms with Gasteiger partial charge in [0.15, 0.2) is 0 Å². The number of carbonyl (C=O) groups is 1. The van der Waals surface area contributed by atoms with Crippen molar-refractivity contribution in [3.8, 4) is 0 Å². The normalized spacial score (nSPS) is 18.9. The Balaban J connectivity index is 2.21. The smallest absolute Gasteiger partial charge is 0.225 e. The van der Waals surface area contributed by atoms with Crippen molar-refractivity contribution in [3.05, 3.63) is 23.8 Å². The van der Waals surface area contributed by atoms with Gasteiger partial charge in [0.05, 0.1) is 5.92 Å². The Kier molecular flexibility index (Phi) is 3.68. The van der Waals surface area contributed by atoms with Crippen molar-refractivity contribution in [3.63, 3.8) is 0 Å². The maximum atomic E-state index is 11.6. The highest BCUT2D eigenvalue weighted by atomic mass is 16.5. The third-order valence-electron chi connectivity index (χ3n) is 3.20. The molecule has 1 saturated heterocycles. The van der Waals surface area contributed by atoms with Crippen molar-refractivity contribution in [2.24, 2.45) is 11.7 Å². The molecule has 2 heterocycles. The molecule has 0 aromatic carbocycles. The SMILES string of the molecule is Cc1ncc(C(C(N)=O)C2CCOCC2)cn1. The molecule has 0 bridgehead atoms. The van der Waals surface area contributed by atoms with E-state index >= 15 is 0 Å². The minimum absolute atomic E-state index is 0.243. The van der Waals surface area contributed by atoms with Gasteiger partial charge >= 0.3 is 0 Å². The third kappa shape index (κ3) is 2.79. The average Bonchev–Trinajstić information content (AvgIpc) is 2.33. The van der Waals surface area contributed by atoms with Crippen LogP contribution in [0.3, 0.4) is 0 Å². The van der Waals surface area contributed by atoms with Crippen LogP contribution >= 0.6 is 0 Å². The van der Waals surface area contributed by atoms with Gasteiger partial charge in [-0.2, -0.15) is 0 Å². The van der Waals surface area contributed by atoms with Crippen molar-refractivity contribution >= 4 is 5.91 Å². The molecule has 0 radical (unpaired) electrons. The highest BCUT2D eigenvalue weighted by Crippen LogP contribution is 2.31.